The Bertz CT molecular complexity index is 3360. The van der Waals surface area contributed by atoms with Crippen molar-refractivity contribution in [3.05, 3.63) is 136 Å². The summed E-state index contributed by atoms with van der Waals surface area (Å²) in [6.07, 6.45) is 7.14. The standard InChI is InChI=1S/C65H75BN2S/c1-38-29-54-57-55(30-38)68(40-31-42-41-19-17-18-20-56(41)69-58(42)49(33-40)59(2,3)4)53-37-48-46(63(11,12)26-28-65(48,15)16)35-51(53)66(57)50-34-45-47(64(13,14)27-25-62(45,9)10)36-52(50)67(54)39-21-22-43-44(32-39)61(7,8)24-23-60(43,5)6/h17-22,29-37H,23-28H2,1-16H3. The Labute approximate surface area is 419 Å². The molecule has 0 unspecified atom stereocenters. The first-order chi connectivity index (χ1) is 32.2. The summed E-state index contributed by atoms with van der Waals surface area (Å²) < 4.78 is 2.77. The SMILES string of the molecule is Cc1cc2c3c(c1)N(c1cc(C(C)(C)C)c4sc5ccccc5c4c1)c1cc4c(cc1B3c1cc3c(cc1N2c1ccc2c(c1)C(C)(C)CCC2(C)C)C(C)(C)CCC3(C)C)C(C)(C)CCC4(C)C. The van der Waals surface area contributed by atoms with E-state index < -0.39 is 0 Å². The van der Waals surface area contributed by atoms with Crippen molar-refractivity contribution in [2.45, 2.75) is 187 Å². The zero-order valence-electron chi connectivity index (χ0n) is 44.8. The second kappa shape index (κ2) is 14.2. The lowest BCUT2D eigenvalue weighted by atomic mass is 9.32. The van der Waals surface area contributed by atoms with Gasteiger partial charge in [0.05, 0.1) is 0 Å². The topological polar surface area (TPSA) is 6.48 Å². The van der Waals surface area contributed by atoms with Gasteiger partial charge in [-0.2, -0.15) is 0 Å². The zero-order valence-corrected chi connectivity index (χ0v) is 45.6. The third kappa shape index (κ3) is 6.54. The second-order valence-electron chi connectivity index (χ2n) is 27.5. The molecule has 0 saturated heterocycles. The molecule has 2 aliphatic heterocycles. The Morgan fingerprint density at radius 2 is 0.899 bits per heavy atom. The Morgan fingerprint density at radius 3 is 1.41 bits per heavy atom. The molecule has 2 nitrogen and oxygen atoms in total. The van der Waals surface area contributed by atoms with Crippen LogP contribution < -0.4 is 26.2 Å². The Balaban J connectivity index is 1.23. The molecule has 3 aliphatic carbocycles. The molecule has 5 aliphatic rings. The van der Waals surface area contributed by atoms with E-state index >= 15 is 0 Å². The molecule has 0 bridgehead atoms. The van der Waals surface area contributed by atoms with E-state index in [1.54, 1.807) is 0 Å². The molecule has 69 heavy (non-hydrogen) atoms. The third-order valence-corrected chi connectivity index (χ3v) is 20.0. The van der Waals surface area contributed by atoms with Crippen molar-refractivity contribution in [2.75, 3.05) is 9.80 Å². The summed E-state index contributed by atoms with van der Waals surface area (Å²) in [6, 6.07) is 37.8. The summed E-state index contributed by atoms with van der Waals surface area (Å²) in [5.74, 6) is 0. The molecule has 6 aromatic carbocycles. The molecular formula is C65H75BN2S. The molecule has 0 N–H and O–H groups in total. The first kappa shape index (κ1) is 45.4. The van der Waals surface area contributed by atoms with Crippen molar-refractivity contribution < 1.29 is 0 Å². The highest BCUT2D eigenvalue weighted by Crippen LogP contribution is 2.55. The predicted octanol–water partition coefficient (Wildman–Crippen LogP) is 16.8. The summed E-state index contributed by atoms with van der Waals surface area (Å²) in [5.41, 5.74) is 24.5. The van der Waals surface area contributed by atoms with E-state index in [1.807, 2.05) is 11.3 Å². The van der Waals surface area contributed by atoms with Gasteiger partial charge in [-0.3, -0.25) is 0 Å². The van der Waals surface area contributed by atoms with Crippen molar-refractivity contribution >= 4 is 88.7 Å². The number of hydrogen-bond acceptors (Lipinski definition) is 3. The summed E-state index contributed by atoms with van der Waals surface area (Å²) >= 11 is 1.96. The van der Waals surface area contributed by atoms with E-state index in [0.29, 0.717) is 0 Å². The lowest BCUT2D eigenvalue weighted by Gasteiger charge is -2.49. The minimum atomic E-state index is -0.0611. The van der Waals surface area contributed by atoms with Crippen LogP contribution in [-0.2, 0) is 37.9 Å². The first-order valence-electron chi connectivity index (χ1n) is 26.4. The van der Waals surface area contributed by atoms with Gasteiger partial charge < -0.3 is 9.80 Å². The molecule has 0 radical (unpaired) electrons. The van der Waals surface area contributed by atoms with Crippen LogP contribution in [0.25, 0.3) is 20.2 Å². The number of rotatable bonds is 2. The zero-order chi connectivity index (χ0) is 48.9. The molecule has 4 heteroatoms. The van der Waals surface area contributed by atoms with Gasteiger partial charge in [0.25, 0.3) is 6.71 Å². The maximum Gasteiger partial charge on any atom is 0.252 e. The lowest BCUT2D eigenvalue weighted by molar-refractivity contribution is 0.332. The second-order valence-corrected chi connectivity index (χ2v) is 28.5. The predicted molar refractivity (Wildman–Crippen MR) is 303 cm³/mol. The van der Waals surface area contributed by atoms with Crippen LogP contribution in [0.3, 0.4) is 0 Å². The van der Waals surface area contributed by atoms with Crippen LogP contribution in [0.5, 0.6) is 0 Å². The van der Waals surface area contributed by atoms with Crippen LogP contribution in [-0.4, -0.2) is 6.71 Å². The van der Waals surface area contributed by atoms with Crippen LogP contribution in [0.4, 0.5) is 34.1 Å². The van der Waals surface area contributed by atoms with Gasteiger partial charge in [-0.15, -0.1) is 11.3 Å². The lowest BCUT2D eigenvalue weighted by Crippen LogP contribution is -2.62. The number of aryl methyl sites for hydroxylation is 1. The van der Waals surface area contributed by atoms with E-state index in [4.69, 9.17) is 0 Å². The van der Waals surface area contributed by atoms with Gasteiger partial charge in [0.2, 0.25) is 0 Å². The number of hydrogen-bond donors (Lipinski definition) is 0. The van der Waals surface area contributed by atoms with Crippen molar-refractivity contribution in [1.29, 1.82) is 0 Å². The third-order valence-electron chi connectivity index (χ3n) is 18.8. The van der Waals surface area contributed by atoms with E-state index in [2.05, 4.69) is 212 Å². The minimum absolute atomic E-state index is 0.0540. The molecular weight excluding hydrogens is 852 g/mol. The van der Waals surface area contributed by atoms with Crippen molar-refractivity contribution in [1.82, 2.24) is 0 Å². The fourth-order valence-electron chi connectivity index (χ4n) is 14.0. The average molecular weight is 927 g/mol. The van der Waals surface area contributed by atoms with Gasteiger partial charge >= 0.3 is 0 Å². The molecule has 3 heterocycles. The monoisotopic (exact) mass is 927 g/mol. The van der Waals surface area contributed by atoms with Gasteiger partial charge in [-0.1, -0.05) is 140 Å². The van der Waals surface area contributed by atoms with E-state index in [1.165, 1.54) is 154 Å². The Kier molecular flexibility index (Phi) is 9.34. The number of nitrogens with zero attached hydrogens (tertiary/aromatic N) is 2. The van der Waals surface area contributed by atoms with Gasteiger partial charge in [0.15, 0.2) is 0 Å². The fourth-order valence-corrected chi connectivity index (χ4v) is 15.4. The molecule has 0 amide bonds. The van der Waals surface area contributed by atoms with E-state index in [0.717, 1.165) is 0 Å². The van der Waals surface area contributed by atoms with Crippen LogP contribution >= 0.6 is 11.3 Å². The van der Waals surface area contributed by atoms with Crippen molar-refractivity contribution in [3.63, 3.8) is 0 Å². The van der Waals surface area contributed by atoms with Gasteiger partial charge in [0.1, 0.15) is 0 Å². The summed E-state index contributed by atoms with van der Waals surface area (Å²) in [6.45, 7) is 39.6. The summed E-state index contributed by atoms with van der Waals surface area (Å²) in [7, 11) is 0. The molecule has 1 aromatic heterocycles. The fraction of sp³-hybridized carbons (Fsp3) is 0.446. The van der Waals surface area contributed by atoms with Crippen LogP contribution in [0, 0.1) is 6.92 Å². The molecule has 0 spiro atoms. The first-order valence-corrected chi connectivity index (χ1v) is 27.2. The van der Waals surface area contributed by atoms with Crippen LogP contribution in [0.2, 0.25) is 0 Å². The quantitative estimate of drug-likeness (QED) is 0.159. The van der Waals surface area contributed by atoms with Crippen LogP contribution in [0.15, 0.2) is 91.0 Å². The summed E-state index contributed by atoms with van der Waals surface area (Å²) in [5, 5.41) is 2.72. The normalized spacial score (nSPS) is 20.7. The van der Waals surface area contributed by atoms with Crippen molar-refractivity contribution in [3.8, 4) is 0 Å². The average Bonchev–Trinajstić information content (AvgIpc) is 3.65. The molecule has 0 atom stereocenters. The minimum Gasteiger partial charge on any atom is -0.311 e. The maximum atomic E-state index is 2.74. The van der Waals surface area contributed by atoms with E-state index in [9.17, 15) is 0 Å². The molecule has 0 fully saturated rings. The maximum absolute atomic E-state index is 2.74. The largest absolute Gasteiger partial charge is 0.311 e. The highest BCUT2D eigenvalue weighted by molar-refractivity contribution is 7.26. The number of anilines is 6. The highest BCUT2D eigenvalue weighted by atomic mass is 32.1. The van der Waals surface area contributed by atoms with Gasteiger partial charge in [-0.05, 0) is 199 Å². The van der Waals surface area contributed by atoms with Crippen LogP contribution in [0.1, 0.15) is 187 Å². The number of thiophene rings is 1. The molecule has 354 valence electrons. The van der Waals surface area contributed by atoms with Crippen molar-refractivity contribution in [2.24, 2.45) is 0 Å². The molecule has 12 rings (SSSR count). The number of benzene rings is 6. The van der Waals surface area contributed by atoms with Gasteiger partial charge in [-0.25, -0.2) is 0 Å². The Hall–Kier alpha value is -4.80. The molecule has 7 aromatic rings. The highest BCUT2D eigenvalue weighted by Gasteiger charge is 2.49. The number of fused-ring (bicyclic) bond motifs is 10. The van der Waals surface area contributed by atoms with Gasteiger partial charge in [0, 0.05) is 54.3 Å². The van der Waals surface area contributed by atoms with E-state index in [-0.39, 0.29) is 44.6 Å². The Morgan fingerprint density at radius 1 is 0.449 bits per heavy atom. The smallest absolute Gasteiger partial charge is 0.252 e. The summed E-state index contributed by atoms with van der Waals surface area (Å²) in [4.78, 5) is 5.47. The molecule has 0 saturated carbocycles.